The molecule has 2 aromatic rings. The first kappa shape index (κ1) is 15.8. The number of carbonyl (C=O) groups excluding carboxylic acids is 2. The van der Waals surface area contributed by atoms with Crippen LogP contribution in [0.5, 0.6) is 5.75 Å². The summed E-state index contributed by atoms with van der Waals surface area (Å²) >= 11 is 0. The Kier molecular flexibility index (Phi) is 5.72. The van der Waals surface area contributed by atoms with Gasteiger partial charge in [0.15, 0.2) is 0 Å². The maximum absolute atomic E-state index is 11.7. The molecule has 0 aliphatic rings. The molecule has 114 valence electrons. The largest absolute Gasteiger partial charge is 0.489 e. The fourth-order valence-electron chi connectivity index (χ4n) is 2.01. The number of hydrogen-bond acceptors (Lipinski definition) is 4. The number of esters is 1. The summed E-state index contributed by atoms with van der Waals surface area (Å²) in [5.74, 6) is 0.0146. The molecular weight excluding hydrogens is 280 g/mol. The molecule has 0 aliphatic heterocycles. The second-order valence-corrected chi connectivity index (χ2v) is 4.89. The van der Waals surface area contributed by atoms with E-state index in [1.54, 1.807) is 0 Å². The molecule has 0 aromatic heterocycles. The minimum absolute atomic E-state index is 0.174. The first-order valence-corrected chi connectivity index (χ1v) is 7.01. The Bertz CT molecular complexity index is 635. The molecule has 4 heteroatoms. The van der Waals surface area contributed by atoms with Gasteiger partial charge >= 0.3 is 5.97 Å². The van der Waals surface area contributed by atoms with Crippen molar-refractivity contribution in [3.05, 3.63) is 65.7 Å². The molecule has 0 aliphatic carbocycles. The number of rotatable bonds is 7. The van der Waals surface area contributed by atoms with Crippen molar-refractivity contribution in [2.24, 2.45) is 0 Å². The first-order valence-electron chi connectivity index (χ1n) is 7.01. The maximum atomic E-state index is 11.7. The van der Waals surface area contributed by atoms with Gasteiger partial charge in [-0.15, -0.1) is 0 Å². The van der Waals surface area contributed by atoms with Crippen LogP contribution in [0.15, 0.2) is 54.6 Å². The van der Waals surface area contributed by atoms with E-state index in [2.05, 4.69) is 4.74 Å². The molecule has 0 saturated carbocycles. The maximum Gasteiger partial charge on any atom is 0.313 e. The summed E-state index contributed by atoms with van der Waals surface area (Å²) in [5, 5.41) is 0. The van der Waals surface area contributed by atoms with Gasteiger partial charge in [0.1, 0.15) is 24.6 Å². The van der Waals surface area contributed by atoms with Crippen LogP contribution in [0.2, 0.25) is 0 Å². The second kappa shape index (κ2) is 7.98. The summed E-state index contributed by atoms with van der Waals surface area (Å²) in [6.07, 6.45) is -0.0107. The van der Waals surface area contributed by atoms with Crippen LogP contribution in [0.25, 0.3) is 0 Å². The van der Waals surface area contributed by atoms with Crippen LogP contribution in [-0.4, -0.2) is 18.9 Å². The van der Waals surface area contributed by atoms with Gasteiger partial charge in [0, 0.05) is 6.42 Å². The Labute approximate surface area is 129 Å². The molecule has 0 radical (unpaired) electrons. The van der Waals surface area contributed by atoms with Crippen molar-refractivity contribution < 1.29 is 19.1 Å². The molecule has 0 fully saturated rings. The van der Waals surface area contributed by atoms with Gasteiger partial charge in [-0.05, 0) is 23.3 Å². The number of hydrogen-bond donors (Lipinski definition) is 0. The van der Waals surface area contributed by atoms with Gasteiger partial charge in [0.25, 0.3) is 0 Å². The van der Waals surface area contributed by atoms with E-state index in [4.69, 9.17) is 4.74 Å². The third-order valence-electron chi connectivity index (χ3n) is 3.12. The third-order valence-corrected chi connectivity index (χ3v) is 3.12. The third kappa shape index (κ3) is 5.05. The van der Waals surface area contributed by atoms with E-state index >= 15 is 0 Å². The van der Waals surface area contributed by atoms with Gasteiger partial charge in [0.2, 0.25) is 0 Å². The minimum Gasteiger partial charge on any atom is -0.489 e. The molecule has 4 nitrogen and oxygen atoms in total. The average molecular weight is 298 g/mol. The molecule has 0 atom stereocenters. The van der Waals surface area contributed by atoms with E-state index in [0.717, 1.165) is 11.1 Å². The lowest BCUT2D eigenvalue weighted by atomic mass is 10.1. The number of ketones is 1. The van der Waals surface area contributed by atoms with Crippen LogP contribution in [-0.2, 0) is 27.4 Å². The topological polar surface area (TPSA) is 52.6 Å². The van der Waals surface area contributed by atoms with Gasteiger partial charge in [0.05, 0.1) is 7.11 Å². The van der Waals surface area contributed by atoms with Crippen molar-refractivity contribution in [1.29, 1.82) is 0 Å². The molecule has 2 rings (SSSR count). The number of Topliss-reactive ketones (excluding diaryl/α,β-unsaturated/α-hetero) is 1. The quantitative estimate of drug-likeness (QED) is 0.582. The van der Waals surface area contributed by atoms with E-state index in [9.17, 15) is 9.59 Å². The smallest absolute Gasteiger partial charge is 0.313 e. The molecule has 22 heavy (non-hydrogen) atoms. The summed E-state index contributed by atoms with van der Waals surface area (Å²) in [6.45, 7) is 0.473. The SMILES string of the molecule is COC(=O)CC(=O)Cc1cccc(OCc2ccccc2)c1. The van der Waals surface area contributed by atoms with Gasteiger partial charge in [-0.2, -0.15) is 0 Å². The Morgan fingerprint density at radius 2 is 1.68 bits per heavy atom. The van der Waals surface area contributed by atoms with E-state index in [1.807, 2.05) is 54.6 Å². The lowest BCUT2D eigenvalue weighted by molar-refractivity contribution is -0.143. The molecule has 0 amide bonds. The van der Waals surface area contributed by atoms with Crippen LogP contribution < -0.4 is 4.74 Å². The summed E-state index contributed by atoms with van der Waals surface area (Å²) in [6, 6.07) is 17.2. The molecule has 0 spiro atoms. The normalized spacial score (nSPS) is 10.0. The van der Waals surface area contributed by atoms with Gasteiger partial charge in [-0.1, -0.05) is 42.5 Å². The van der Waals surface area contributed by atoms with Crippen LogP contribution in [0.1, 0.15) is 17.5 Å². The number of carbonyl (C=O) groups is 2. The minimum atomic E-state index is -0.513. The molecule has 0 N–H and O–H groups in total. The highest BCUT2D eigenvalue weighted by atomic mass is 16.5. The van der Waals surface area contributed by atoms with Gasteiger partial charge in [-0.3, -0.25) is 9.59 Å². The Morgan fingerprint density at radius 1 is 0.955 bits per heavy atom. The fourth-order valence-corrected chi connectivity index (χ4v) is 2.01. The highest BCUT2D eigenvalue weighted by Crippen LogP contribution is 2.16. The molecular formula is C18H18O4. The van der Waals surface area contributed by atoms with Crippen molar-refractivity contribution in [3.63, 3.8) is 0 Å². The molecule has 0 saturated heterocycles. The zero-order valence-electron chi connectivity index (χ0n) is 12.5. The first-order chi connectivity index (χ1) is 10.7. The van der Waals surface area contributed by atoms with Crippen LogP contribution in [0.4, 0.5) is 0 Å². The summed E-state index contributed by atoms with van der Waals surface area (Å²) in [7, 11) is 1.27. The van der Waals surface area contributed by atoms with E-state index in [1.165, 1.54) is 7.11 Å². The highest BCUT2D eigenvalue weighted by molar-refractivity contribution is 5.96. The zero-order valence-corrected chi connectivity index (χ0v) is 12.5. The van der Waals surface area contributed by atoms with Crippen molar-refractivity contribution in [2.75, 3.05) is 7.11 Å². The Hall–Kier alpha value is -2.62. The van der Waals surface area contributed by atoms with Crippen molar-refractivity contribution in [2.45, 2.75) is 19.4 Å². The van der Waals surface area contributed by atoms with Crippen LogP contribution in [0.3, 0.4) is 0 Å². The van der Waals surface area contributed by atoms with E-state index < -0.39 is 5.97 Å². The molecule has 2 aromatic carbocycles. The predicted octanol–water partition coefficient (Wildman–Crippen LogP) is 2.94. The summed E-state index contributed by atoms with van der Waals surface area (Å²) < 4.78 is 10.2. The lowest BCUT2D eigenvalue weighted by Gasteiger charge is -2.08. The van der Waals surface area contributed by atoms with Crippen LogP contribution >= 0.6 is 0 Å². The number of methoxy groups -OCH3 is 1. The Balaban J connectivity index is 1.92. The number of benzene rings is 2. The average Bonchev–Trinajstić information content (AvgIpc) is 2.54. The molecule has 0 unspecified atom stereocenters. The number of ether oxygens (including phenoxy) is 2. The standard InChI is InChI=1S/C18H18O4/c1-21-18(20)12-16(19)10-15-8-5-9-17(11-15)22-13-14-6-3-2-4-7-14/h2-9,11H,10,12-13H2,1H3. The fraction of sp³-hybridized carbons (Fsp3) is 0.222. The zero-order chi connectivity index (χ0) is 15.8. The van der Waals surface area contributed by atoms with Crippen molar-refractivity contribution in [3.8, 4) is 5.75 Å². The van der Waals surface area contributed by atoms with Crippen molar-refractivity contribution >= 4 is 11.8 Å². The molecule has 0 heterocycles. The van der Waals surface area contributed by atoms with E-state index in [0.29, 0.717) is 12.4 Å². The van der Waals surface area contributed by atoms with Crippen LogP contribution in [0, 0.1) is 0 Å². The van der Waals surface area contributed by atoms with E-state index in [-0.39, 0.29) is 18.6 Å². The monoisotopic (exact) mass is 298 g/mol. The van der Waals surface area contributed by atoms with Gasteiger partial charge < -0.3 is 9.47 Å². The predicted molar refractivity (Wildman–Crippen MR) is 82.6 cm³/mol. The van der Waals surface area contributed by atoms with Crippen molar-refractivity contribution in [1.82, 2.24) is 0 Å². The summed E-state index contributed by atoms with van der Waals surface area (Å²) in [5.41, 5.74) is 1.90. The Morgan fingerprint density at radius 3 is 2.41 bits per heavy atom. The highest BCUT2D eigenvalue weighted by Gasteiger charge is 2.10. The molecule has 0 bridgehead atoms. The lowest BCUT2D eigenvalue weighted by Crippen LogP contribution is -2.11. The summed E-state index contributed by atoms with van der Waals surface area (Å²) in [4.78, 5) is 22.8. The van der Waals surface area contributed by atoms with Gasteiger partial charge in [-0.25, -0.2) is 0 Å². The second-order valence-electron chi connectivity index (χ2n) is 4.89.